The Labute approximate surface area is 109 Å². The minimum atomic E-state index is 0.515. The summed E-state index contributed by atoms with van der Waals surface area (Å²) in [6.07, 6.45) is 10.8. The second-order valence-electron chi connectivity index (χ2n) is 4.48. The summed E-state index contributed by atoms with van der Waals surface area (Å²) >= 11 is 0. The zero-order valence-corrected chi connectivity index (χ0v) is 10.6. The Bertz CT molecular complexity index is 443. The van der Waals surface area contributed by atoms with E-state index in [1.165, 1.54) is 24.8 Å². The van der Waals surface area contributed by atoms with Crippen molar-refractivity contribution < 1.29 is 4.84 Å². The van der Waals surface area contributed by atoms with Crippen molar-refractivity contribution in [2.45, 2.75) is 32.3 Å². The first kappa shape index (κ1) is 12.6. The Kier molecular flexibility index (Phi) is 4.77. The van der Waals surface area contributed by atoms with Crippen LogP contribution in [0.5, 0.6) is 0 Å². The molecule has 2 nitrogen and oxygen atoms in total. The zero-order valence-electron chi connectivity index (χ0n) is 10.6. The van der Waals surface area contributed by atoms with Crippen molar-refractivity contribution >= 4 is 12.3 Å². The fourth-order valence-electron chi connectivity index (χ4n) is 1.95. The molecule has 0 aliphatic heterocycles. The molecule has 0 heterocycles. The van der Waals surface area contributed by atoms with Crippen LogP contribution in [0.2, 0.25) is 0 Å². The molecule has 18 heavy (non-hydrogen) atoms. The van der Waals surface area contributed by atoms with Gasteiger partial charge in [0.2, 0.25) is 0 Å². The summed E-state index contributed by atoms with van der Waals surface area (Å²) < 4.78 is 0. The van der Waals surface area contributed by atoms with E-state index in [0.717, 1.165) is 17.5 Å². The van der Waals surface area contributed by atoms with Crippen LogP contribution in [0.1, 0.15) is 36.8 Å². The van der Waals surface area contributed by atoms with Gasteiger partial charge in [0.25, 0.3) is 0 Å². The summed E-state index contributed by atoms with van der Waals surface area (Å²) in [5, 5.41) is 4.02. The van der Waals surface area contributed by atoms with Crippen LogP contribution >= 0.6 is 0 Å². The van der Waals surface area contributed by atoms with Gasteiger partial charge in [0.15, 0.2) is 0 Å². The van der Waals surface area contributed by atoms with E-state index >= 15 is 0 Å². The molecule has 0 atom stereocenters. The number of benzene rings is 1. The van der Waals surface area contributed by atoms with Gasteiger partial charge in [-0.15, -0.1) is 0 Å². The molecule has 2 heteroatoms. The molecule has 1 aliphatic carbocycles. The van der Waals surface area contributed by atoms with E-state index in [4.69, 9.17) is 4.84 Å². The Morgan fingerprint density at radius 3 is 2.72 bits per heavy atom. The fourth-order valence-corrected chi connectivity index (χ4v) is 1.95. The van der Waals surface area contributed by atoms with Gasteiger partial charge < -0.3 is 4.84 Å². The van der Waals surface area contributed by atoms with Crippen LogP contribution in [0.3, 0.4) is 0 Å². The molecule has 0 N–H and O–H groups in total. The number of allylic oxidation sites excluding steroid dienone is 2. The Balaban J connectivity index is 1.78. The monoisotopic (exact) mass is 241 g/mol. The Morgan fingerprint density at radius 1 is 1.22 bits per heavy atom. The standard InChI is InChI=1S/C16H19NO/c1-2-14-8-10-16(11-9-14)13-18-17-12-15-6-4-3-5-7-15/h2,6,8-12H,1,3-5,7,13H2. The normalized spacial score (nSPS) is 15.4. The van der Waals surface area contributed by atoms with Gasteiger partial charge in [0.1, 0.15) is 6.61 Å². The van der Waals surface area contributed by atoms with Crippen molar-refractivity contribution in [2.75, 3.05) is 0 Å². The van der Waals surface area contributed by atoms with Crippen LogP contribution in [0, 0.1) is 0 Å². The highest BCUT2D eigenvalue weighted by atomic mass is 16.6. The van der Waals surface area contributed by atoms with Crippen molar-refractivity contribution in [3.8, 4) is 0 Å². The predicted molar refractivity (Wildman–Crippen MR) is 76.4 cm³/mol. The van der Waals surface area contributed by atoms with Gasteiger partial charge >= 0.3 is 0 Å². The smallest absolute Gasteiger partial charge is 0.142 e. The Hall–Kier alpha value is -1.83. The van der Waals surface area contributed by atoms with Crippen LogP contribution in [-0.4, -0.2) is 6.21 Å². The van der Waals surface area contributed by atoms with Crippen molar-refractivity contribution in [3.63, 3.8) is 0 Å². The molecule has 0 saturated heterocycles. The first-order valence-electron chi connectivity index (χ1n) is 6.44. The molecular formula is C16H19NO. The van der Waals surface area contributed by atoms with E-state index in [2.05, 4.69) is 17.8 Å². The molecule has 0 saturated carbocycles. The van der Waals surface area contributed by atoms with Gasteiger partial charge in [-0.2, -0.15) is 0 Å². The number of oxime groups is 1. The quantitative estimate of drug-likeness (QED) is 0.555. The van der Waals surface area contributed by atoms with Crippen molar-refractivity contribution in [1.82, 2.24) is 0 Å². The molecule has 0 spiro atoms. The molecule has 2 rings (SSSR count). The van der Waals surface area contributed by atoms with Gasteiger partial charge in [-0.1, -0.05) is 48.2 Å². The van der Waals surface area contributed by atoms with E-state index in [1.807, 2.05) is 36.6 Å². The zero-order chi connectivity index (χ0) is 12.6. The minimum Gasteiger partial charge on any atom is -0.391 e. The van der Waals surface area contributed by atoms with Crippen molar-refractivity contribution in [3.05, 3.63) is 53.6 Å². The molecule has 0 amide bonds. The maximum atomic E-state index is 5.30. The third-order valence-corrected chi connectivity index (χ3v) is 3.07. The van der Waals surface area contributed by atoms with Crippen LogP contribution in [0.15, 0.2) is 47.6 Å². The van der Waals surface area contributed by atoms with E-state index in [-0.39, 0.29) is 0 Å². The highest BCUT2D eigenvalue weighted by Crippen LogP contribution is 2.15. The molecule has 0 radical (unpaired) electrons. The van der Waals surface area contributed by atoms with Crippen LogP contribution in [-0.2, 0) is 11.4 Å². The second kappa shape index (κ2) is 6.80. The lowest BCUT2D eigenvalue weighted by Crippen LogP contribution is -1.94. The molecule has 1 aliphatic rings. The maximum absolute atomic E-state index is 5.30. The number of nitrogens with zero attached hydrogens (tertiary/aromatic N) is 1. The van der Waals surface area contributed by atoms with Crippen LogP contribution < -0.4 is 0 Å². The summed E-state index contributed by atoms with van der Waals surface area (Å²) in [6, 6.07) is 8.12. The van der Waals surface area contributed by atoms with Crippen LogP contribution in [0.25, 0.3) is 6.08 Å². The molecule has 0 unspecified atom stereocenters. The van der Waals surface area contributed by atoms with Gasteiger partial charge in [-0.3, -0.25) is 0 Å². The van der Waals surface area contributed by atoms with Gasteiger partial charge in [-0.05, 0) is 42.4 Å². The molecule has 0 fully saturated rings. The lowest BCUT2D eigenvalue weighted by atomic mass is 10.0. The van der Waals surface area contributed by atoms with Crippen molar-refractivity contribution in [1.29, 1.82) is 0 Å². The Morgan fingerprint density at radius 2 is 2.06 bits per heavy atom. The second-order valence-corrected chi connectivity index (χ2v) is 4.48. The lowest BCUT2D eigenvalue weighted by Gasteiger charge is -2.07. The molecule has 0 bridgehead atoms. The first-order valence-corrected chi connectivity index (χ1v) is 6.44. The third-order valence-electron chi connectivity index (χ3n) is 3.07. The van der Waals surface area contributed by atoms with Gasteiger partial charge in [0.05, 0.1) is 6.21 Å². The fraction of sp³-hybridized carbons (Fsp3) is 0.312. The SMILES string of the molecule is C=Cc1ccc(CON=CC2=CCCCC2)cc1. The maximum Gasteiger partial charge on any atom is 0.142 e. The van der Waals surface area contributed by atoms with Gasteiger partial charge in [0, 0.05) is 0 Å². The molecule has 94 valence electrons. The summed E-state index contributed by atoms with van der Waals surface area (Å²) in [7, 11) is 0. The molecular weight excluding hydrogens is 222 g/mol. The van der Waals surface area contributed by atoms with E-state index in [9.17, 15) is 0 Å². The molecule has 0 aromatic heterocycles. The summed E-state index contributed by atoms with van der Waals surface area (Å²) in [6.45, 7) is 4.24. The summed E-state index contributed by atoms with van der Waals surface area (Å²) in [4.78, 5) is 5.30. The molecule has 1 aromatic rings. The average molecular weight is 241 g/mol. The largest absolute Gasteiger partial charge is 0.391 e. The van der Waals surface area contributed by atoms with Crippen LogP contribution in [0.4, 0.5) is 0 Å². The third kappa shape index (κ3) is 3.88. The topological polar surface area (TPSA) is 21.6 Å². The highest BCUT2D eigenvalue weighted by Gasteiger charge is 2.00. The molecule has 1 aromatic carbocycles. The lowest BCUT2D eigenvalue weighted by molar-refractivity contribution is 0.132. The average Bonchev–Trinajstić information content (AvgIpc) is 2.45. The highest BCUT2D eigenvalue weighted by molar-refractivity contribution is 5.78. The number of hydrogen-bond acceptors (Lipinski definition) is 2. The van der Waals surface area contributed by atoms with Gasteiger partial charge in [-0.25, -0.2) is 0 Å². The van der Waals surface area contributed by atoms with Crippen molar-refractivity contribution in [2.24, 2.45) is 5.16 Å². The van der Waals surface area contributed by atoms with E-state index in [1.54, 1.807) is 0 Å². The first-order chi connectivity index (χ1) is 8.88. The summed E-state index contributed by atoms with van der Waals surface area (Å²) in [5.74, 6) is 0. The van der Waals surface area contributed by atoms with E-state index in [0.29, 0.717) is 6.61 Å². The number of hydrogen-bond donors (Lipinski definition) is 0. The van der Waals surface area contributed by atoms with E-state index < -0.39 is 0 Å². The minimum absolute atomic E-state index is 0.515. The summed E-state index contributed by atoms with van der Waals surface area (Å²) in [5.41, 5.74) is 3.54. The predicted octanol–water partition coefficient (Wildman–Crippen LogP) is 4.33. The number of rotatable bonds is 5.